The number of pyridine rings is 1. The molecule has 1 saturated heterocycles. The van der Waals surface area contributed by atoms with Crippen LogP contribution in [0.25, 0.3) is 0 Å². The molecule has 1 aromatic heterocycles. The van der Waals surface area contributed by atoms with Gasteiger partial charge >= 0.3 is 5.97 Å². The van der Waals surface area contributed by atoms with E-state index in [-0.39, 0.29) is 0 Å². The first-order valence-corrected chi connectivity index (χ1v) is 9.47. The third-order valence-corrected chi connectivity index (χ3v) is 5.53. The van der Waals surface area contributed by atoms with Crippen molar-refractivity contribution in [1.82, 2.24) is 9.88 Å². The third kappa shape index (κ3) is 3.44. The number of hydrogen-bond acceptors (Lipinski definition) is 4. The molecule has 5 heteroatoms. The van der Waals surface area contributed by atoms with E-state index in [1.54, 1.807) is 6.20 Å². The van der Waals surface area contributed by atoms with Crippen LogP contribution in [0.1, 0.15) is 42.0 Å². The largest absolute Gasteiger partial charge is 0.480 e. The van der Waals surface area contributed by atoms with Crippen LogP contribution in [-0.4, -0.2) is 40.6 Å². The number of nitrogens with zero attached hydrogens (tertiary/aromatic N) is 3. The summed E-state index contributed by atoms with van der Waals surface area (Å²) in [5.41, 5.74) is 3.31. The van der Waals surface area contributed by atoms with Crippen LogP contribution >= 0.6 is 0 Å². The second kappa shape index (κ2) is 7.46. The molecule has 4 rings (SSSR count). The quantitative estimate of drug-likeness (QED) is 0.916. The summed E-state index contributed by atoms with van der Waals surface area (Å²) in [5, 5.41) is 9.87. The monoisotopic (exact) mass is 351 g/mol. The first-order chi connectivity index (χ1) is 12.7. The standard InChI is InChI=1S/C21H25N3O2/c25-21(26)20(24-13-10-16-6-2-3-7-18(16)15-24)17-8-9-19(22-14-17)23-11-4-1-5-12-23/h2-3,6-9,14,20H,1,4-5,10-13,15H2,(H,25,26)/t20-/m0/s1. The van der Waals surface area contributed by atoms with E-state index in [1.807, 2.05) is 29.2 Å². The maximum atomic E-state index is 12.0. The molecule has 3 heterocycles. The second-order valence-electron chi connectivity index (χ2n) is 7.23. The summed E-state index contributed by atoms with van der Waals surface area (Å²) in [6, 6.07) is 11.6. The van der Waals surface area contributed by atoms with Gasteiger partial charge in [-0.1, -0.05) is 30.3 Å². The van der Waals surface area contributed by atoms with Crippen molar-refractivity contribution in [3.05, 3.63) is 59.3 Å². The Morgan fingerprint density at radius 3 is 2.46 bits per heavy atom. The molecule has 2 aliphatic rings. The molecule has 1 aromatic carbocycles. The number of piperidine rings is 1. The van der Waals surface area contributed by atoms with Gasteiger partial charge in [-0.3, -0.25) is 9.69 Å². The van der Waals surface area contributed by atoms with Crippen LogP contribution in [0.5, 0.6) is 0 Å². The number of aromatic nitrogens is 1. The minimum absolute atomic E-state index is 0.647. The molecular formula is C21H25N3O2. The van der Waals surface area contributed by atoms with Crippen molar-refractivity contribution < 1.29 is 9.90 Å². The van der Waals surface area contributed by atoms with Gasteiger partial charge in [0.2, 0.25) is 0 Å². The molecule has 0 aliphatic carbocycles. The van der Waals surface area contributed by atoms with Crippen LogP contribution < -0.4 is 4.90 Å². The summed E-state index contributed by atoms with van der Waals surface area (Å²) in [6.45, 7) is 3.50. The van der Waals surface area contributed by atoms with E-state index >= 15 is 0 Å². The van der Waals surface area contributed by atoms with Crippen molar-refractivity contribution in [2.75, 3.05) is 24.5 Å². The van der Waals surface area contributed by atoms with Gasteiger partial charge in [-0.2, -0.15) is 0 Å². The van der Waals surface area contributed by atoms with E-state index in [0.29, 0.717) is 6.54 Å². The van der Waals surface area contributed by atoms with Crippen molar-refractivity contribution in [3.63, 3.8) is 0 Å². The highest BCUT2D eigenvalue weighted by atomic mass is 16.4. The number of benzene rings is 1. The number of carboxylic acids is 1. The fourth-order valence-corrected chi connectivity index (χ4v) is 4.12. The maximum Gasteiger partial charge on any atom is 0.325 e. The molecule has 0 radical (unpaired) electrons. The van der Waals surface area contributed by atoms with E-state index in [2.05, 4.69) is 22.0 Å². The number of fused-ring (bicyclic) bond motifs is 1. The van der Waals surface area contributed by atoms with Crippen LogP contribution in [0.15, 0.2) is 42.6 Å². The van der Waals surface area contributed by atoms with Crippen LogP contribution in [0.4, 0.5) is 5.82 Å². The molecule has 2 aromatic rings. The normalized spacial score (nSPS) is 19.0. The lowest BCUT2D eigenvalue weighted by Gasteiger charge is -2.33. The zero-order valence-electron chi connectivity index (χ0n) is 15.0. The van der Waals surface area contributed by atoms with E-state index in [4.69, 9.17) is 0 Å². The summed E-state index contributed by atoms with van der Waals surface area (Å²) in [5.74, 6) is 0.151. The molecular weight excluding hydrogens is 326 g/mol. The minimum atomic E-state index is -0.808. The van der Waals surface area contributed by atoms with E-state index in [0.717, 1.165) is 37.4 Å². The zero-order chi connectivity index (χ0) is 17.9. The number of carboxylic acid groups (broad SMARTS) is 1. The summed E-state index contributed by atoms with van der Waals surface area (Å²) in [4.78, 5) is 20.9. The van der Waals surface area contributed by atoms with E-state index in [1.165, 1.54) is 30.4 Å². The molecule has 26 heavy (non-hydrogen) atoms. The molecule has 0 unspecified atom stereocenters. The number of rotatable bonds is 4. The number of carbonyl (C=O) groups is 1. The number of aliphatic carboxylic acids is 1. The molecule has 136 valence electrons. The Balaban J connectivity index is 1.54. The van der Waals surface area contributed by atoms with Gasteiger partial charge in [0.25, 0.3) is 0 Å². The lowest BCUT2D eigenvalue weighted by molar-refractivity contribution is -0.144. The fraction of sp³-hybridized carbons (Fsp3) is 0.429. The highest BCUT2D eigenvalue weighted by Gasteiger charge is 2.30. The van der Waals surface area contributed by atoms with Gasteiger partial charge in [-0.05, 0) is 48.4 Å². The highest BCUT2D eigenvalue weighted by Crippen LogP contribution is 2.29. The van der Waals surface area contributed by atoms with Gasteiger partial charge in [-0.25, -0.2) is 4.98 Å². The van der Waals surface area contributed by atoms with Crippen LogP contribution in [0, 0.1) is 0 Å². The molecule has 5 nitrogen and oxygen atoms in total. The van der Waals surface area contributed by atoms with Crippen molar-refractivity contribution >= 4 is 11.8 Å². The Morgan fingerprint density at radius 2 is 1.77 bits per heavy atom. The topological polar surface area (TPSA) is 56.7 Å². The van der Waals surface area contributed by atoms with Gasteiger partial charge in [0, 0.05) is 32.4 Å². The Bertz CT molecular complexity index is 769. The van der Waals surface area contributed by atoms with Gasteiger partial charge in [-0.15, -0.1) is 0 Å². The molecule has 0 saturated carbocycles. The Labute approximate surface area is 154 Å². The van der Waals surface area contributed by atoms with Gasteiger partial charge in [0.15, 0.2) is 0 Å². The average Bonchev–Trinajstić information content (AvgIpc) is 2.69. The zero-order valence-corrected chi connectivity index (χ0v) is 15.0. The second-order valence-corrected chi connectivity index (χ2v) is 7.23. The highest BCUT2D eigenvalue weighted by molar-refractivity contribution is 5.75. The van der Waals surface area contributed by atoms with Crippen LogP contribution in [-0.2, 0) is 17.8 Å². The van der Waals surface area contributed by atoms with Crippen molar-refractivity contribution in [3.8, 4) is 0 Å². The molecule has 1 atom stereocenters. The summed E-state index contributed by atoms with van der Waals surface area (Å²) in [6.07, 6.45) is 6.33. The predicted octanol–water partition coefficient (Wildman–Crippen LogP) is 3.26. The molecule has 0 spiro atoms. The average molecular weight is 351 g/mol. The Kier molecular flexibility index (Phi) is 4.89. The van der Waals surface area contributed by atoms with Crippen LogP contribution in [0.3, 0.4) is 0 Å². The fourth-order valence-electron chi connectivity index (χ4n) is 4.12. The molecule has 1 N–H and O–H groups in total. The third-order valence-electron chi connectivity index (χ3n) is 5.53. The van der Waals surface area contributed by atoms with E-state index < -0.39 is 12.0 Å². The first kappa shape index (κ1) is 17.0. The molecule has 0 bridgehead atoms. The summed E-state index contributed by atoms with van der Waals surface area (Å²) >= 11 is 0. The summed E-state index contributed by atoms with van der Waals surface area (Å²) < 4.78 is 0. The predicted molar refractivity (Wildman–Crippen MR) is 101 cm³/mol. The van der Waals surface area contributed by atoms with Crippen molar-refractivity contribution in [2.24, 2.45) is 0 Å². The Morgan fingerprint density at radius 1 is 1.00 bits per heavy atom. The van der Waals surface area contributed by atoms with E-state index in [9.17, 15) is 9.90 Å². The maximum absolute atomic E-state index is 12.0. The molecule has 2 aliphatic heterocycles. The van der Waals surface area contributed by atoms with Gasteiger partial charge in [0.1, 0.15) is 11.9 Å². The first-order valence-electron chi connectivity index (χ1n) is 9.47. The van der Waals surface area contributed by atoms with Crippen molar-refractivity contribution in [2.45, 2.75) is 38.3 Å². The van der Waals surface area contributed by atoms with Gasteiger partial charge < -0.3 is 10.0 Å². The number of anilines is 1. The van der Waals surface area contributed by atoms with Crippen LogP contribution in [0.2, 0.25) is 0 Å². The lowest BCUT2D eigenvalue weighted by Crippen LogP contribution is -2.38. The van der Waals surface area contributed by atoms with Gasteiger partial charge in [0.05, 0.1) is 0 Å². The minimum Gasteiger partial charge on any atom is -0.480 e. The smallest absolute Gasteiger partial charge is 0.325 e. The summed E-state index contributed by atoms with van der Waals surface area (Å²) in [7, 11) is 0. The molecule has 1 fully saturated rings. The Hall–Kier alpha value is -2.40. The van der Waals surface area contributed by atoms with Crippen molar-refractivity contribution in [1.29, 1.82) is 0 Å². The number of hydrogen-bond donors (Lipinski definition) is 1. The SMILES string of the molecule is O=C(O)[C@H](c1ccc(N2CCCCC2)nc1)N1CCc2ccccc2C1. The molecule has 0 amide bonds. The lowest BCUT2D eigenvalue weighted by atomic mass is 9.97.